The van der Waals surface area contributed by atoms with Crippen LogP contribution < -0.4 is 10.5 Å². The smallest absolute Gasteiger partial charge is 0.287 e. The number of pyridine rings is 1. The molecule has 92 valence electrons. The maximum Gasteiger partial charge on any atom is 0.287 e. The highest BCUT2D eigenvalue weighted by Crippen LogP contribution is 2.28. The molecular formula is C11H9N3O4. The number of phenols is 1. The van der Waals surface area contributed by atoms with Crippen molar-refractivity contribution in [3.8, 4) is 17.4 Å². The van der Waals surface area contributed by atoms with E-state index in [4.69, 9.17) is 10.5 Å². The molecule has 2 aromatic rings. The van der Waals surface area contributed by atoms with Gasteiger partial charge in [-0.25, -0.2) is 4.98 Å². The Morgan fingerprint density at radius 3 is 2.67 bits per heavy atom. The maximum atomic E-state index is 10.4. The number of hydrogen-bond donors (Lipinski definition) is 2. The molecule has 0 aliphatic heterocycles. The molecule has 0 amide bonds. The number of ether oxygens (including phenoxy) is 1. The Bertz CT molecular complexity index is 583. The van der Waals surface area contributed by atoms with Crippen molar-refractivity contribution in [2.75, 3.05) is 5.73 Å². The largest absolute Gasteiger partial charge is 0.506 e. The molecule has 1 aromatic carbocycles. The lowest BCUT2D eigenvalue weighted by Crippen LogP contribution is -1.92. The average molecular weight is 247 g/mol. The Labute approximate surface area is 102 Å². The molecule has 2 rings (SSSR count). The van der Waals surface area contributed by atoms with Crippen molar-refractivity contribution >= 4 is 11.4 Å². The summed E-state index contributed by atoms with van der Waals surface area (Å²) >= 11 is 0. The number of nitrogens with zero attached hydrogens (tertiary/aromatic N) is 2. The summed E-state index contributed by atoms with van der Waals surface area (Å²) < 4.78 is 5.30. The third kappa shape index (κ3) is 2.46. The molecule has 0 saturated heterocycles. The normalized spacial score (nSPS) is 10.0. The number of rotatable bonds is 3. The topological polar surface area (TPSA) is 112 Å². The van der Waals surface area contributed by atoms with Crippen LogP contribution in [0.15, 0.2) is 36.5 Å². The lowest BCUT2D eigenvalue weighted by molar-refractivity contribution is -0.385. The van der Waals surface area contributed by atoms with Crippen molar-refractivity contribution in [2.45, 2.75) is 0 Å². The first kappa shape index (κ1) is 11.6. The number of benzene rings is 1. The SMILES string of the molecule is Nc1ccc(Oc2ccc([N+](=O)[O-])cn2)cc1O. The van der Waals surface area contributed by atoms with Crippen molar-refractivity contribution in [1.82, 2.24) is 4.98 Å². The molecule has 0 spiro atoms. The van der Waals surface area contributed by atoms with Crippen LogP contribution in [0, 0.1) is 10.1 Å². The summed E-state index contributed by atoms with van der Waals surface area (Å²) in [6, 6.07) is 7.01. The second-order valence-electron chi connectivity index (χ2n) is 3.43. The highest BCUT2D eigenvalue weighted by Gasteiger charge is 2.07. The monoisotopic (exact) mass is 247 g/mol. The fourth-order valence-electron chi connectivity index (χ4n) is 1.25. The molecule has 7 heteroatoms. The predicted molar refractivity (Wildman–Crippen MR) is 63.5 cm³/mol. The number of aromatic nitrogens is 1. The summed E-state index contributed by atoms with van der Waals surface area (Å²) in [5.74, 6) is 0.419. The van der Waals surface area contributed by atoms with Crippen molar-refractivity contribution < 1.29 is 14.8 Å². The number of anilines is 1. The standard InChI is InChI=1S/C11H9N3O4/c12-9-3-2-8(5-10(9)15)18-11-4-1-7(6-13-11)14(16)17/h1-6,15H,12H2. The Morgan fingerprint density at radius 1 is 1.33 bits per heavy atom. The van der Waals surface area contributed by atoms with E-state index >= 15 is 0 Å². The van der Waals surface area contributed by atoms with E-state index in [9.17, 15) is 15.2 Å². The summed E-state index contributed by atoms with van der Waals surface area (Å²) in [5.41, 5.74) is 5.55. The van der Waals surface area contributed by atoms with Gasteiger partial charge in [0.2, 0.25) is 5.88 Å². The second-order valence-corrected chi connectivity index (χ2v) is 3.43. The van der Waals surface area contributed by atoms with Gasteiger partial charge in [0.1, 0.15) is 17.7 Å². The lowest BCUT2D eigenvalue weighted by Gasteiger charge is -2.05. The zero-order valence-electron chi connectivity index (χ0n) is 9.11. The van der Waals surface area contributed by atoms with Crippen LogP contribution >= 0.6 is 0 Å². The molecule has 0 aliphatic rings. The fraction of sp³-hybridized carbons (Fsp3) is 0. The Hall–Kier alpha value is -2.83. The number of nitro groups is 1. The minimum Gasteiger partial charge on any atom is -0.506 e. The molecule has 0 atom stereocenters. The van der Waals surface area contributed by atoms with E-state index in [0.717, 1.165) is 6.20 Å². The molecule has 7 nitrogen and oxygen atoms in total. The van der Waals surface area contributed by atoms with Gasteiger partial charge in [-0.05, 0) is 12.1 Å². The van der Waals surface area contributed by atoms with E-state index in [0.29, 0.717) is 5.75 Å². The first-order chi connectivity index (χ1) is 8.56. The molecule has 0 saturated carbocycles. The summed E-state index contributed by atoms with van der Waals surface area (Å²) in [7, 11) is 0. The molecule has 0 radical (unpaired) electrons. The summed E-state index contributed by atoms with van der Waals surface area (Å²) in [6.45, 7) is 0. The molecule has 0 aliphatic carbocycles. The Balaban J connectivity index is 2.18. The van der Waals surface area contributed by atoms with Gasteiger partial charge in [-0.3, -0.25) is 10.1 Å². The summed E-state index contributed by atoms with van der Waals surface area (Å²) in [5, 5.41) is 19.8. The van der Waals surface area contributed by atoms with Crippen LogP contribution in [0.4, 0.5) is 11.4 Å². The number of nitrogen functional groups attached to an aromatic ring is 1. The molecule has 0 unspecified atom stereocenters. The van der Waals surface area contributed by atoms with Crippen molar-refractivity contribution in [3.63, 3.8) is 0 Å². The average Bonchev–Trinajstić information content (AvgIpc) is 2.34. The van der Waals surface area contributed by atoms with Crippen LogP contribution in [0.1, 0.15) is 0 Å². The van der Waals surface area contributed by atoms with Gasteiger partial charge in [0.25, 0.3) is 5.69 Å². The zero-order valence-corrected chi connectivity index (χ0v) is 9.11. The number of aromatic hydroxyl groups is 1. The second kappa shape index (κ2) is 4.58. The number of hydrogen-bond acceptors (Lipinski definition) is 6. The number of nitrogens with two attached hydrogens (primary N) is 1. The van der Waals surface area contributed by atoms with E-state index in [2.05, 4.69) is 4.98 Å². The maximum absolute atomic E-state index is 10.4. The van der Waals surface area contributed by atoms with Gasteiger partial charge in [-0.2, -0.15) is 0 Å². The van der Waals surface area contributed by atoms with Crippen LogP contribution in [0.5, 0.6) is 17.4 Å². The van der Waals surface area contributed by atoms with Crippen LogP contribution in [0.2, 0.25) is 0 Å². The van der Waals surface area contributed by atoms with Crippen LogP contribution in [-0.4, -0.2) is 15.0 Å². The van der Waals surface area contributed by atoms with Crippen LogP contribution in [0.25, 0.3) is 0 Å². The van der Waals surface area contributed by atoms with E-state index in [-0.39, 0.29) is 23.0 Å². The van der Waals surface area contributed by atoms with E-state index < -0.39 is 4.92 Å². The quantitative estimate of drug-likeness (QED) is 0.371. The minimum atomic E-state index is -0.550. The van der Waals surface area contributed by atoms with Gasteiger partial charge in [0, 0.05) is 18.2 Å². The van der Waals surface area contributed by atoms with Gasteiger partial charge >= 0.3 is 0 Å². The van der Waals surface area contributed by atoms with Gasteiger partial charge in [0.15, 0.2) is 0 Å². The number of phenolic OH excluding ortho intramolecular Hbond substituents is 1. The molecule has 1 heterocycles. The predicted octanol–water partition coefficient (Wildman–Crippen LogP) is 2.07. The van der Waals surface area contributed by atoms with E-state index in [1.807, 2.05) is 0 Å². The fourth-order valence-corrected chi connectivity index (χ4v) is 1.25. The lowest BCUT2D eigenvalue weighted by atomic mass is 10.3. The van der Waals surface area contributed by atoms with Crippen LogP contribution in [-0.2, 0) is 0 Å². The zero-order chi connectivity index (χ0) is 13.1. The van der Waals surface area contributed by atoms with Crippen molar-refractivity contribution in [3.05, 3.63) is 46.6 Å². The third-order valence-corrected chi connectivity index (χ3v) is 2.16. The first-order valence-corrected chi connectivity index (χ1v) is 4.93. The molecule has 1 aromatic heterocycles. The highest BCUT2D eigenvalue weighted by molar-refractivity contribution is 5.55. The molecule has 0 fully saturated rings. The van der Waals surface area contributed by atoms with Gasteiger partial charge in [-0.1, -0.05) is 0 Å². The van der Waals surface area contributed by atoms with Crippen LogP contribution in [0.3, 0.4) is 0 Å². The van der Waals surface area contributed by atoms with Gasteiger partial charge < -0.3 is 15.6 Å². The third-order valence-electron chi connectivity index (χ3n) is 2.16. The molecular weight excluding hydrogens is 238 g/mol. The highest BCUT2D eigenvalue weighted by atomic mass is 16.6. The Kier molecular flexibility index (Phi) is 2.96. The summed E-state index contributed by atoms with van der Waals surface area (Å²) in [6.07, 6.45) is 1.09. The summed E-state index contributed by atoms with van der Waals surface area (Å²) in [4.78, 5) is 13.7. The van der Waals surface area contributed by atoms with Gasteiger partial charge in [0.05, 0.1) is 10.6 Å². The van der Waals surface area contributed by atoms with Crippen molar-refractivity contribution in [2.24, 2.45) is 0 Å². The van der Waals surface area contributed by atoms with Gasteiger partial charge in [-0.15, -0.1) is 0 Å². The van der Waals surface area contributed by atoms with E-state index in [1.54, 1.807) is 6.07 Å². The minimum absolute atomic E-state index is 0.102. The Morgan fingerprint density at radius 2 is 2.11 bits per heavy atom. The molecule has 3 N–H and O–H groups in total. The first-order valence-electron chi connectivity index (χ1n) is 4.93. The van der Waals surface area contributed by atoms with E-state index in [1.165, 1.54) is 24.3 Å². The van der Waals surface area contributed by atoms with Crippen molar-refractivity contribution in [1.29, 1.82) is 0 Å². The molecule has 18 heavy (non-hydrogen) atoms. The molecule has 0 bridgehead atoms.